The lowest BCUT2D eigenvalue weighted by atomic mass is 10.2. The molecule has 1 heterocycles. The summed E-state index contributed by atoms with van der Waals surface area (Å²) in [7, 11) is 0. The summed E-state index contributed by atoms with van der Waals surface area (Å²) in [6.07, 6.45) is 1.30. The molecule has 1 N–H and O–H groups in total. The third kappa shape index (κ3) is 3.07. The summed E-state index contributed by atoms with van der Waals surface area (Å²) in [5.41, 5.74) is 1.05. The highest BCUT2D eigenvalue weighted by Gasteiger charge is 2.13. The van der Waals surface area contributed by atoms with E-state index in [1.807, 2.05) is 24.3 Å². The average molecular weight is 307 g/mol. The topological polar surface area (TPSA) is 56.0 Å². The molecule has 5 heteroatoms. The molecule has 18 heavy (non-hydrogen) atoms. The van der Waals surface area contributed by atoms with Gasteiger partial charge in [0.2, 0.25) is 0 Å². The molecule has 0 saturated carbocycles. The van der Waals surface area contributed by atoms with Crippen molar-refractivity contribution in [2.45, 2.75) is 6.54 Å². The Bertz CT molecular complexity index is 572. The lowest BCUT2D eigenvalue weighted by Crippen LogP contribution is -2.38. The standard InChI is InChI=1S/C13H11BrN2O2/c14-11-5-3-4-10(8-11)9-15-13(17)12-6-1-2-7-16(12)18/h1-8H,9H2,(H,15,17). The van der Waals surface area contributed by atoms with E-state index in [2.05, 4.69) is 21.2 Å². The highest BCUT2D eigenvalue weighted by Crippen LogP contribution is 2.11. The normalized spacial score (nSPS) is 10.1. The Labute approximate surface area is 113 Å². The maximum absolute atomic E-state index is 11.8. The Morgan fingerprint density at radius 3 is 2.83 bits per heavy atom. The molecule has 0 aliphatic heterocycles. The summed E-state index contributed by atoms with van der Waals surface area (Å²) in [6, 6.07) is 12.3. The number of nitrogens with one attached hydrogen (secondary N) is 1. The van der Waals surface area contributed by atoms with Crippen LogP contribution in [0.4, 0.5) is 0 Å². The first-order valence-electron chi connectivity index (χ1n) is 5.37. The van der Waals surface area contributed by atoms with Crippen molar-refractivity contribution in [2.24, 2.45) is 0 Å². The van der Waals surface area contributed by atoms with Crippen molar-refractivity contribution in [1.82, 2.24) is 5.32 Å². The lowest BCUT2D eigenvalue weighted by Gasteiger charge is -2.06. The molecule has 0 fully saturated rings. The largest absolute Gasteiger partial charge is 0.618 e. The minimum Gasteiger partial charge on any atom is -0.618 e. The lowest BCUT2D eigenvalue weighted by molar-refractivity contribution is -0.607. The van der Waals surface area contributed by atoms with E-state index in [4.69, 9.17) is 0 Å². The molecule has 0 spiro atoms. The fourth-order valence-corrected chi connectivity index (χ4v) is 1.97. The van der Waals surface area contributed by atoms with Gasteiger partial charge in [0.25, 0.3) is 5.69 Å². The molecule has 0 radical (unpaired) electrons. The van der Waals surface area contributed by atoms with Gasteiger partial charge in [0, 0.05) is 23.2 Å². The van der Waals surface area contributed by atoms with Crippen LogP contribution in [-0.2, 0) is 6.54 Å². The second-order valence-corrected chi connectivity index (χ2v) is 4.64. The van der Waals surface area contributed by atoms with Crippen LogP contribution in [0.3, 0.4) is 0 Å². The number of hydrogen-bond acceptors (Lipinski definition) is 2. The molecular weight excluding hydrogens is 296 g/mol. The third-order valence-corrected chi connectivity index (χ3v) is 2.89. The van der Waals surface area contributed by atoms with Crippen molar-refractivity contribution in [3.8, 4) is 0 Å². The zero-order chi connectivity index (χ0) is 13.0. The second kappa shape index (κ2) is 5.64. The third-order valence-electron chi connectivity index (χ3n) is 2.40. The van der Waals surface area contributed by atoms with Crippen LogP contribution in [0.25, 0.3) is 0 Å². The van der Waals surface area contributed by atoms with Crippen molar-refractivity contribution in [3.05, 3.63) is 69.6 Å². The molecule has 0 unspecified atom stereocenters. The number of benzene rings is 1. The predicted molar refractivity (Wildman–Crippen MR) is 70.7 cm³/mol. The van der Waals surface area contributed by atoms with E-state index in [0.29, 0.717) is 11.3 Å². The van der Waals surface area contributed by atoms with Gasteiger partial charge in [0.15, 0.2) is 6.20 Å². The van der Waals surface area contributed by atoms with Gasteiger partial charge in [-0.15, -0.1) is 0 Å². The van der Waals surface area contributed by atoms with Gasteiger partial charge >= 0.3 is 5.91 Å². The van der Waals surface area contributed by atoms with Crippen LogP contribution in [0.1, 0.15) is 16.1 Å². The zero-order valence-electron chi connectivity index (χ0n) is 9.47. The maximum atomic E-state index is 11.8. The fourth-order valence-electron chi connectivity index (χ4n) is 1.52. The molecule has 1 aromatic carbocycles. The molecule has 92 valence electrons. The van der Waals surface area contributed by atoms with Crippen LogP contribution in [0, 0.1) is 5.21 Å². The molecule has 0 aliphatic rings. The minimum atomic E-state index is -0.384. The van der Waals surface area contributed by atoms with Crippen molar-refractivity contribution in [3.63, 3.8) is 0 Å². The second-order valence-electron chi connectivity index (χ2n) is 3.72. The van der Waals surface area contributed by atoms with E-state index in [9.17, 15) is 10.0 Å². The van der Waals surface area contributed by atoms with Crippen molar-refractivity contribution < 1.29 is 9.52 Å². The van der Waals surface area contributed by atoms with E-state index < -0.39 is 0 Å². The SMILES string of the molecule is O=C(NCc1cccc(Br)c1)c1cccc[n+]1[O-]. The van der Waals surface area contributed by atoms with E-state index in [0.717, 1.165) is 10.0 Å². The summed E-state index contributed by atoms with van der Waals surface area (Å²) in [6.45, 7) is 0.382. The molecular formula is C13H11BrN2O2. The van der Waals surface area contributed by atoms with E-state index in [-0.39, 0.29) is 11.6 Å². The van der Waals surface area contributed by atoms with Gasteiger partial charge in [0.1, 0.15) is 0 Å². The van der Waals surface area contributed by atoms with Gasteiger partial charge in [0.05, 0.1) is 0 Å². The molecule has 0 aliphatic carbocycles. The molecule has 0 atom stereocenters. The monoisotopic (exact) mass is 306 g/mol. The number of hydrogen-bond donors (Lipinski definition) is 1. The number of aromatic nitrogens is 1. The highest BCUT2D eigenvalue weighted by atomic mass is 79.9. The Kier molecular flexibility index (Phi) is 3.94. The Morgan fingerprint density at radius 2 is 2.11 bits per heavy atom. The number of nitrogens with zero attached hydrogens (tertiary/aromatic N) is 1. The number of halogens is 1. The number of amides is 1. The van der Waals surface area contributed by atoms with Gasteiger partial charge in [-0.3, -0.25) is 4.79 Å². The Hall–Kier alpha value is -1.88. The molecule has 2 rings (SSSR count). The van der Waals surface area contributed by atoms with Crippen LogP contribution in [-0.4, -0.2) is 5.91 Å². The van der Waals surface area contributed by atoms with Crippen molar-refractivity contribution in [1.29, 1.82) is 0 Å². The molecule has 4 nitrogen and oxygen atoms in total. The van der Waals surface area contributed by atoms with E-state index in [1.165, 1.54) is 12.3 Å². The number of carbonyl (C=O) groups excluding carboxylic acids is 1. The van der Waals surface area contributed by atoms with E-state index >= 15 is 0 Å². The van der Waals surface area contributed by atoms with E-state index in [1.54, 1.807) is 12.1 Å². The number of rotatable bonds is 3. The first kappa shape index (κ1) is 12.6. The van der Waals surface area contributed by atoms with Crippen LogP contribution in [0.5, 0.6) is 0 Å². The van der Waals surface area contributed by atoms with Gasteiger partial charge in [-0.05, 0) is 23.8 Å². The van der Waals surface area contributed by atoms with Gasteiger partial charge in [-0.25, -0.2) is 0 Å². The number of carbonyl (C=O) groups is 1. The van der Waals surface area contributed by atoms with Gasteiger partial charge in [-0.1, -0.05) is 28.1 Å². The highest BCUT2D eigenvalue weighted by molar-refractivity contribution is 9.10. The first-order chi connectivity index (χ1) is 8.66. The molecule has 1 amide bonds. The fraction of sp³-hybridized carbons (Fsp3) is 0.0769. The first-order valence-corrected chi connectivity index (χ1v) is 6.17. The molecule has 0 bridgehead atoms. The number of pyridine rings is 1. The van der Waals surface area contributed by atoms with Crippen molar-refractivity contribution in [2.75, 3.05) is 0 Å². The molecule has 1 aromatic heterocycles. The van der Waals surface area contributed by atoms with Gasteiger partial charge in [-0.2, -0.15) is 4.73 Å². The van der Waals surface area contributed by atoms with Crippen LogP contribution >= 0.6 is 15.9 Å². The summed E-state index contributed by atoms with van der Waals surface area (Å²) < 4.78 is 1.50. The Morgan fingerprint density at radius 1 is 1.28 bits per heavy atom. The predicted octanol–water partition coefficient (Wildman–Crippen LogP) is 2.01. The van der Waals surface area contributed by atoms with Crippen molar-refractivity contribution >= 4 is 21.8 Å². The Balaban J connectivity index is 2.03. The summed E-state index contributed by atoms with van der Waals surface area (Å²) in [5.74, 6) is -0.384. The summed E-state index contributed by atoms with van der Waals surface area (Å²) in [5, 5.41) is 14.1. The maximum Gasteiger partial charge on any atom is 0.317 e. The average Bonchev–Trinajstić information content (AvgIpc) is 2.37. The van der Waals surface area contributed by atoms with Crippen LogP contribution < -0.4 is 10.0 Å². The smallest absolute Gasteiger partial charge is 0.317 e. The molecule has 2 aromatic rings. The summed E-state index contributed by atoms with van der Waals surface area (Å²) in [4.78, 5) is 11.8. The summed E-state index contributed by atoms with van der Waals surface area (Å²) >= 11 is 3.36. The minimum absolute atomic E-state index is 0.0903. The molecule has 0 saturated heterocycles. The van der Waals surface area contributed by atoms with Gasteiger partial charge < -0.3 is 10.5 Å². The quantitative estimate of drug-likeness (QED) is 0.696. The zero-order valence-corrected chi connectivity index (χ0v) is 11.1. The van der Waals surface area contributed by atoms with Crippen LogP contribution in [0.2, 0.25) is 0 Å². The van der Waals surface area contributed by atoms with Crippen LogP contribution in [0.15, 0.2) is 53.1 Å².